The number of amides is 1. The Morgan fingerprint density at radius 3 is 2.37 bits per heavy atom. The highest BCUT2D eigenvalue weighted by Gasteiger charge is 2.24. The van der Waals surface area contributed by atoms with E-state index >= 15 is 0 Å². The van der Waals surface area contributed by atoms with E-state index in [1.807, 2.05) is 12.1 Å². The summed E-state index contributed by atoms with van der Waals surface area (Å²) in [5.41, 5.74) is 1.37. The van der Waals surface area contributed by atoms with E-state index in [1.54, 1.807) is 18.1 Å². The van der Waals surface area contributed by atoms with Gasteiger partial charge in [0.2, 0.25) is 0 Å². The Morgan fingerprint density at radius 1 is 0.971 bits per heavy atom. The molecular weight excluding hydrogens is 469 g/mol. The van der Waals surface area contributed by atoms with Crippen LogP contribution in [0.2, 0.25) is 0 Å². The van der Waals surface area contributed by atoms with Crippen LogP contribution in [-0.4, -0.2) is 64.0 Å². The Hall–Kier alpha value is -3.43. The molecule has 1 fully saturated rings. The van der Waals surface area contributed by atoms with Gasteiger partial charge in [-0.25, -0.2) is 12.8 Å². The third-order valence-electron chi connectivity index (χ3n) is 6.04. The van der Waals surface area contributed by atoms with Crippen molar-refractivity contribution in [2.45, 2.75) is 11.3 Å². The molecule has 0 spiro atoms. The lowest BCUT2D eigenvalue weighted by Crippen LogP contribution is -2.49. The fraction of sp³-hybridized carbons (Fsp3) is 0.269. The van der Waals surface area contributed by atoms with Gasteiger partial charge in [-0.15, -0.1) is 0 Å². The number of piperazine rings is 1. The lowest BCUT2D eigenvalue weighted by atomic mass is 10.1. The Balaban J connectivity index is 1.34. The smallest absolute Gasteiger partial charge is 0.262 e. The lowest BCUT2D eigenvalue weighted by molar-refractivity contribution is 0.0638. The first kappa shape index (κ1) is 24.7. The molecule has 0 atom stereocenters. The van der Waals surface area contributed by atoms with Crippen LogP contribution >= 0.6 is 0 Å². The van der Waals surface area contributed by atoms with Crippen molar-refractivity contribution in [2.24, 2.45) is 0 Å². The number of carbonyl (C=O) groups is 1. The fourth-order valence-corrected chi connectivity index (χ4v) is 5.09. The largest absolute Gasteiger partial charge is 0.497 e. The van der Waals surface area contributed by atoms with Crippen molar-refractivity contribution < 1.29 is 22.3 Å². The maximum absolute atomic E-state index is 13.9. The quantitative estimate of drug-likeness (QED) is 0.514. The van der Waals surface area contributed by atoms with Gasteiger partial charge in [-0.3, -0.25) is 14.4 Å². The van der Waals surface area contributed by atoms with Gasteiger partial charge in [-0.05, 0) is 54.4 Å². The number of halogens is 1. The van der Waals surface area contributed by atoms with Crippen LogP contribution in [0.4, 0.5) is 10.1 Å². The first-order chi connectivity index (χ1) is 16.9. The normalized spacial score (nSPS) is 14.5. The molecule has 0 saturated carbocycles. The number of hydrogen-bond donors (Lipinski definition) is 1. The van der Waals surface area contributed by atoms with Gasteiger partial charge in [0.1, 0.15) is 11.6 Å². The van der Waals surface area contributed by atoms with Crippen LogP contribution in [-0.2, 0) is 16.4 Å². The number of carbonyl (C=O) groups excluding carboxylic acids is 1. The van der Waals surface area contributed by atoms with E-state index in [4.69, 9.17) is 4.74 Å². The molecule has 1 amide bonds. The van der Waals surface area contributed by atoms with Gasteiger partial charge < -0.3 is 9.64 Å². The second-order valence-corrected chi connectivity index (χ2v) is 10.0. The van der Waals surface area contributed by atoms with Crippen molar-refractivity contribution in [1.29, 1.82) is 0 Å². The molecule has 0 radical (unpaired) electrons. The van der Waals surface area contributed by atoms with Crippen LogP contribution in [0.25, 0.3) is 0 Å². The number of hydrogen-bond acceptors (Lipinski definition) is 5. The van der Waals surface area contributed by atoms with Crippen molar-refractivity contribution in [3.63, 3.8) is 0 Å². The highest BCUT2D eigenvalue weighted by Crippen LogP contribution is 2.20. The standard InChI is InChI=1S/C26H28FN3O4S/c1-34-22-11-9-20(10-12-22)13-14-29-15-17-30(18-16-29)26(31)21-5-4-6-23(19-21)35(32,33)28-25-8-3-2-7-24(25)27/h2-12,19,28H,13-18H2,1H3. The summed E-state index contributed by atoms with van der Waals surface area (Å²) < 4.78 is 46.9. The zero-order valence-electron chi connectivity index (χ0n) is 19.5. The van der Waals surface area contributed by atoms with Crippen molar-refractivity contribution >= 4 is 21.6 Å². The predicted molar refractivity (Wildman–Crippen MR) is 133 cm³/mol. The molecule has 0 aromatic heterocycles. The lowest BCUT2D eigenvalue weighted by Gasteiger charge is -2.34. The molecule has 1 aliphatic heterocycles. The van der Waals surface area contributed by atoms with Crippen LogP contribution in [0.1, 0.15) is 15.9 Å². The zero-order valence-corrected chi connectivity index (χ0v) is 20.3. The molecule has 3 aromatic carbocycles. The minimum atomic E-state index is -4.05. The molecule has 35 heavy (non-hydrogen) atoms. The number of para-hydroxylation sites is 1. The molecule has 0 aliphatic carbocycles. The Kier molecular flexibility index (Phi) is 7.67. The predicted octanol–water partition coefficient (Wildman–Crippen LogP) is 3.64. The highest BCUT2D eigenvalue weighted by molar-refractivity contribution is 7.92. The number of rotatable bonds is 8. The maximum atomic E-state index is 13.9. The minimum Gasteiger partial charge on any atom is -0.497 e. The summed E-state index contributed by atoms with van der Waals surface area (Å²) in [5.74, 6) is -0.0586. The number of sulfonamides is 1. The number of benzene rings is 3. The summed E-state index contributed by atoms with van der Waals surface area (Å²) in [6, 6.07) is 19.4. The van der Waals surface area contributed by atoms with Gasteiger partial charge in [0.25, 0.3) is 15.9 Å². The maximum Gasteiger partial charge on any atom is 0.262 e. The van der Waals surface area contributed by atoms with Gasteiger partial charge in [-0.1, -0.05) is 30.3 Å². The number of anilines is 1. The molecule has 1 saturated heterocycles. The van der Waals surface area contributed by atoms with E-state index in [-0.39, 0.29) is 22.1 Å². The molecule has 0 unspecified atom stereocenters. The van der Waals surface area contributed by atoms with Gasteiger partial charge >= 0.3 is 0 Å². The number of methoxy groups -OCH3 is 1. The van der Waals surface area contributed by atoms with Crippen molar-refractivity contribution in [1.82, 2.24) is 9.80 Å². The van der Waals surface area contributed by atoms with Gasteiger partial charge in [0.05, 0.1) is 17.7 Å². The monoisotopic (exact) mass is 497 g/mol. The second-order valence-electron chi connectivity index (χ2n) is 8.35. The molecule has 4 rings (SSSR count). The molecule has 1 N–H and O–H groups in total. The first-order valence-electron chi connectivity index (χ1n) is 11.4. The average Bonchev–Trinajstić information content (AvgIpc) is 2.89. The van der Waals surface area contributed by atoms with Crippen LogP contribution in [0.5, 0.6) is 5.75 Å². The molecule has 9 heteroatoms. The Labute approximate surface area is 205 Å². The van der Waals surface area contributed by atoms with Crippen LogP contribution in [0, 0.1) is 5.82 Å². The van der Waals surface area contributed by atoms with E-state index < -0.39 is 15.8 Å². The molecule has 184 valence electrons. The topological polar surface area (TPSA) is 79.0 Å². The highest BCUT2D eigenvalue weighted by atomic mass is 32.2. The summed E-state index contributed by atoms with van der Waals surface area (Å²) in [6.07, 6.45) is 0.910. The zero-order chi connectivity index (χ0) is 24.8. The van der Waals surface area contributed by atoms with E-state index in [0.29, 0.717) is 13.1 Å². The molecule has 1 aliphatic rings. The van der Waals surface area contributed by atoms with Crippen LogP contribution in [0.15, 0.2) is 77.7 Å². The SMILES string of the molecule is COc1ccc(CCN2CCN(C(=O)c3cccc(S(=O)(=O)Nc4ccccc4F)c3)CC2)cc1. The van der Waals surface area contributed by atoms with Crippen LogP contribution in [0.3, 0.4) is 0 Å². The number of nitrogens with zero attached hydrogens (tertiary/aromatic N) is 2. The molecule has 0 bridgehead atoms. The Bertz CT molecular complexity index is 1270. The minimum absolute atomic E-state index is 0.0928. The van der Waals surface area contributed by atoms with Crippen molar-refractivity contribution in [2.75, 3.05) is 44.6 Å². The van der Waals surface area contributed by atoms with Gasteiger partial charge in [0.15, 0.2) is 0 Å². The summed E-state index contributed by atoms with van der Waals surface area (Å²) in [6.45, 7) is 3.51. The molecule has 7 nitrogen and oxygen atoms in total. The van der Waals surface area contributed by atoms with E-state index in [1.165, 1.54) is 48.0 Å². The first-order valence-corrected chi connectivity index (χ1v) is 12.9. The molecule has 3 aromatic rings. The molecular formula is C26H28FN3O4S. The van der Waals surface area contributed by atoms with Gasteiger partial charge in [-0.2, -0.15) is 0 Å². The van der Waals surface area contributed by atoms with Crippen molar-refractivity contribution in [3.05, 3.63) is 89.7 Å². The summed E-state index contributed by atoms with van der Waals surface area (Å²) in [7, 11) is -2.40. The third-order valence-corrected chi connectivity index (χ3v) is 7.41. The molecule has 1 heterocycles. The van der Waals surface area contributed by atoms with Gasteiger partial charge in [0, 0.05) is 38.3 Å². The van der Waals surface area contributed by atoms with Crippen LogP contribution < -0.4 is 9.46 Å². The second kappa shape index (κ2) is 10.9. The summed E-state index contributed by atoms with van der Waals surface area (Å²) >= 11 is 0. The summed E-state index contributed by atoms with van der Waals surface area (Å²) in [5, 5.41) is 0. The fourth-order valence-electron chi connectivity index (χ4n) is 3.98. The number of nitrogens with one attached hydrogen (secondary N) is 1. The summed E-state index contributed by atoms with van der Waals surface area (Å²) in [4.78, 5) is 17.0. The van der Waals surface area contributed by atoms with Crippen molar-refractivity contribution in [3.8, 4) is 5.75 Å². The number of ether oxygens (including phenoxy) is 1. The van der Waals surface area contributed by atoms with E-state index in [2.05, 4.69) is 21.8 Å². The van der Waals surface area contributed by atoms with E-state index in [9.17, 15) is 17.6 Å². The average molecular weight is 498 g/mol. The Morgan fingerprint density at radius 2 is 1.69 bits per heavy atom. The third kappa shape index (κ3) is 6.17. The van der Waals surface area contributed by atoms with E-state index in [0.717, 1.165) is 31.8 Å².